The van der Waals surface area contributed by atoms with Gasteiger partial charge in [0.15, 0.2) is 11.5 Å². The fourth-order valence-corrected chi connectivity index (χ4v) is 2.75. The van der Waals surface area contributed by atoms with Crippen molar-refractivity contribution >= 4 is 16.8 Å². The summed E-state index contributed by atoms with van der Waals surface area (Å²) in [5.74, 6) is 2.52. The van der Waals surface area contributed by atoms with E-state index >= 15 is 0 Å². The molecule has 0 aliphatic rings. The Morgan fingerprint density at radius 3 is 1.66 bits per heavy atom. The van der Waals surface area contributed by atoms with Crippen LogP contribution in [0.15, 0.2) is 66.7 Å². The molecule has 150 valence electrons. The molecule has 0 aromatic heterocycles. The lowest BCUT2D eigenvalue weighted by Gasteiger charge is -2.14. The zero-order valence-corrected chi connectivity index (χ0v) is 16.9. The van der Waals surface area contributed by atoms with Gasteiger partial charge < -0.3 is 18.9 Å². The number of carbonyl (C=O) groups is 1. The van der Waals surface area contributed by atoms with Crippen LogP contribution < -0.4 is 18.9 Å². The van der Waals surface area contributed by atoms with Crippen molar-refractivity contribution in [1.29, 1.82) is 0 Å². The maximum atomic E-state index is 11.5. The highest BCUT2D eigenvalue weighted by Crippen LogP contribution is 2.31. The largest absolute Gasteiger partial charge is 0.497 e. The smallest absolute Gasteiger partial charge is 0.252 e. The van der Waals surface area contributed by atoms with E-state index < -0.39 is 5.24 Å². The normalized spacial score (nSPS) is 10.3. The number of carbonyl (C=O) groups excluding carboxylic acids is 1. The lowest BCUT2D eigenvalue weighted by molar-refractivity contribution is 0.108. The predicted octanol–water partition coefficient (Wildman–Crippen LogP) is 5.24. The summed E-state index contributed by atoms with van der Waals surface area (Å²) in [6, 6.07) is 20.0. The van der Waals surface area contributed by atoms with Crippen LogP contribution in [-0.4, -0.2) is 19.5 Å². The summed E-state index contributed by atoms with van der Waals surface area (Å²) < 4.78 is 22.2. The van der Waals surface area contributed by atoms with Gasteiger partial charge in [0.2, 0.25) is 0 Å². The van der Waals surface area contributed by atoms with Crippen molar-refractivity contribution in [3.05, 3.63) is 83.4 Å². The van der Waals surface area contributed by atoms with Crippen molar-refractivity contribution in [1.82, 2.24) is 0 Å². The van der Waals surface area contributed by atoms with E-state index in [1.807, 2.05) is 48.5 Å². The average molecular weight is 413 g/mol. The second-order valence-electron chi connectivity index (χ2n) is 6.21. The molecule has 0 unspecified atom stereocenters. The SMILES string of the molecule is COc1ccc(COc2ccc(C(=O)Cl)cc2OCc2ccc(OC)cc2)cc1. The number of ether oxygens (including phenoxy) is 4. The van der Waals surface area contributed by atoms with Crippen molar-refractivity contribution in [3.63, 3.8) is 0 Å². The molecule has 0 spiro atoms. The van der Waals surface area contributed by atoms with Crippen LogP contribution in [0.4, 0.5) is 0 Å². The average Bonchev–Trinajstić information content (AvgIpc) is 2.77. The molecule has 29 heavy (non-hydrogen) atoms. The summed E-state index contributed by atoms with van der Waals surface area (Å²) in [5.41, 5.74) is 2.27. The molecule has 3 aromatic carbocycles. The second-order valence-corrected chi connectivity index (χ2v) is 6.55. The van der Waals surface area contributed by atoms with Crippen LogP contribution in [0.25, 0.3) is 0 Å². The van der Waals surface area contributed by atoms with Gasteiger partial charge in [0, 0.05) is 5.56 Å². The lowest BCUT2D eigenvalue weighted by Crippen LogP contribution is -2.02. The molecule has 0 atom stereocenters. The minimum atomic E-state index is -0.555. The van der Waals surface area contributed by atoms with E-state index in [0.717, 1.165) is 22.6 Å². The Labute approximate surface area is 174 Å². The molecule has 5 nitrogen and oxygen atoms in total. The van der Waals surface area contributed by atoms with Crippen LogP contribution in [0.2, 0.25) is 0 Å². The molecule has 0 fully saturated rings. The van der Waals surface area contributed by atoms with Gasteiger partial charge in [-0.15, -0.1) is 0 Å². The summed E-state index contributed by atoms with van der Waals surface area (Å²) in [5, 5.41) is -0.555. The van der Waals surface area contributed by atoms with Crippen molar-refractivity contribution in [2.45, 2.75) is 13.2 Å². The molecular formula is C23H21ClO5. The quantitative estimate of drug-likeness (QED) is 0.450. The molecule has 3 aromatic rings. The first-order chi connectivity index (χ1) is 14.1. The third-order valence-electron chi connectivity index (χ3n) is 4.28. The molecule has 0 saturated heterocycles. The van der Waals surface area contributed by atoms with E-state index in [2.05, 4.69) is 0 Å². The Bertz CT molecular complexity index is 952. The molecule has 6 heteroatoms. The third kappa shape index (κ3) is 5.65. The zero-order valence-electron chi connectivity index (χ0n) is 16.2. The van der Waals surface area contributed by atoms with Crippen molar-refractivity contribution in [3.8, 4) is 23.0 Å². The van der Waals surface area contributed by atoms with E-state index in [1.165, 1.54) is 0 Å². The molecule has 0 bridgehead atoms. The van der Waals surface area contributed by atoms with Crippen LogP contribution in [0.1, 0.15) is 21.5 Å². The van der Waals surface area contributed by atoms with E-state index in [-0.39, 0.29) is 0 Å². The number of hydrogen-bond donors (Lipinski definition) is 0. The molecule has 0 aliphatic carbocycles. The first kappa shape index (κ1) is 20.6. The van der Waals surface area contributed by atoms with Gasteiger partial charge in [-0.1, -0.05) is 24.3 Å². The van der Waals surface area contributed by atoms with Crippen LogP contribution in [-0.2, 0) is 13.2 Å². The minimum absolute atomic E-state index is 0.308. The Morgan fingerprint density at radius 1 is 0.724 bits per heavy atom. The Hall–Kier alpha value is -3.18. The van der Waals surface area contributed by atoms with E-state index in [9.17, 15) is 4.79 Å². The topological polar surface area (TPSA) is 54.0 Å². The number of methoxy groups -OCH3 is 2. The van der Waals surface area contributed by atoms with Crippen molar-refractivity contribution in [2.24, 2.45) is 0 Å². The molecule has 0 saturated carbocycles. The van der Waals surface area contributed by atoms with Gasteiger partial charge in [-0.2, -0.15) is 0 Å². The van der Waals surface area contributed by atoms with Gasteiger partial charge in [-0.25, -0.2) is 0 Å². The van der Waals surface area contributed by atoms with Crippen LogP contribution in [0.3, 0.4) is 0 Å². The summed E-state index contributed by atoms with van der Waals surface area (Å²) in [6.07, 6.45) is 0. The fourth-order valence-electron chi connectivity index (χ4n) is 2.63. The van der Waals surface area contributed by atoms with Crippen LogP contribution >= 0.6 is 11.6 Å². The number of rotatable bonds is 9. The number of benzene rings is 3. The first-order valence-corrected chi connectivity index (χ1v) is 9.32. The molecule has 0 amide bonds. The number of hydrogen-bond acceptors (Lipinski definition) is 5. The highest BCUT2D eigenvalue weighted by molar-refractivity contribution is 6.67. The van der Waals surface area contributed by atoms with Crippen molar-refractivity contribution in [2.75, 3.05) is 14.2 Å². The molecule has 0 N–H and O–H groups in total. The maximum absolute atomic E-state index is 11.5. The molecule has 0 heterocycles. The predicted molar refractivity (Wildman–Crippen MR) is 111 cm³/mol. The third-order valence-corrected chi connectivity index (χ3v) is 4.50. The van der Waals surface area contributed by atoms with E-state index in [4.69, 9.17) is 30.5 Å². The fraction of sp³-hybridized carbons (Fsp3) is 0.174. The van der Waals surface area contributed by atoms with E-state index in [0.29, 0.717) is 30.3 Å². The Morgan fingerprint density at radius 2 is 1.21 bits per heavy atom. The van der Waals surface area contributed by atoms with Gasteiger partial charge in [-0.3, -0.25) is 4.79 Å². The first-order valence-electron chi connectivity index (χ1n) is 8.94. The maximum Gasteiger partial charge on any atom is 0.252 e. The minimum Gasteiger partial charge on any atom is -0.497 e. The van der Waals surface area contributed by atoms with Gasteiger partial charge in [0.25, 0.3) is 5.24 Å². The number of halogens is 1. The van der Waals surface area contributed by atoms with Gasteiger partial charge >= 0.3 is 0 Å². The Kier molecular flexibility index (Phi) is 6.98. The zero-order chi connectivity index (χ0) is 20.6. The Balaban J connectivity index is 1.73. The van der Waals surface area contributed by atoms with Gasteiger partial charge in [0.05, 0.1) is 14.2 Å². The monoisotopic (exact) mass is 412 g/mol. The molecular weight excluding hydrogens is 392 g/mol. The lowest BCUT2D eigenvalue weighted by atomic mass is 10.2. The highest BCUT2D eigenvalue weighted by atomic mass is 35.5. The summed E-state index contributed by atoms with van der Waals surface area (Å²) in [6.45, 7) is 0.653. The summed E-state index contributed by atoms with van der Waals surface area (Å²) in [7, 11) is 3.24. The van der Waals surface area contributed by atoms with Crippen molar-refractivity contribution < 1.29 is 23.7 Å². The second kappa shape index (κ2) is 9.85. The highest BCUT2D eigenvalue weighted by Gasteiger charge is 2.11. The van der Waals surface area contributed by atoms with Crippen LogP contribution in [0, 0.1) is 0 Å². The standard InChI is InChI=1S/C23H21ClO5/c1-26-19-8-3-16(4-9-19)14-28-21-12-7-18(23(24)25)13-22(21)29-15-17-5-10-20(27-2)11-6-17/h3-13H,14-15H2,1-2H3. The van der Waals surface area contributed by atoms with Gasteiger partial charge in [0.1, 0.15) is 24.7 Å². The summed E-state index contributed by atoms with van der Waals surface area (Å²) in [4.78, 5) is 11.5. The van der Waals surface area contributed by atoms with Gasteiger partial charge in [-0.05, 0) is 65.2 Å². The molecule has 0 radical (unpaired) electrons. The van der Waals surface area contributed by atoms with Crippen LogP contribution in [0.5, 0.6) is 23.0 Å². The summed E-state index contributed by atoms with van der Waals surface area (Å²) >= 11 is 5.62. The molecule has 3 rings (SSSR count). The van der Waals surface area contributed by atoms with E-state index in [1.54, 1.807) is 32.4 Å². The molecule has 0 aliphatic heterocycles.